The molecule has 2 unspecified atom stereocenters. The summed E-state index contributed by atoms with van der Waals surface area (Å²) in [4.78, 5) is 12.1. The van der Waals surface area contributed by atoms with E-state index in [0.29, 0.717) is 43.9 Å². The van der Waals surface area contributed by atoms with Gasteiger partial charge in [0, 0.05) is 0 Å². The average molecular weight is 440 g/mol. The Morgan fingerprint density at radius 1 is 1.50 bits per heavy atom. The van der Waals surface area contributed by atoms with E-state index >= 15 is 0 Å². The molecule has 2 aliphatic carbocycles. The fraction of sp³-hybridized carbons (Fsp3) is 0.900. The van der Waals surface area contributed by atoms with E-state index in [1.54, 1.807) is 0 Å². The maximum absolute atomic E-state index is 12.1. The molecule has 2 atom stereocenters. The van der Waals surface area contributed by atoms with Gasteiger partial charge in [-0.05, 0) is 0 Å². The fourth-order valence-corrected chi connectivity index (χ4v) is 5.38. The molecule has 0 saturated heterocycles. The van der Waals surface area contributed by atoms with Crippen molar-refractivity contribution in [2.75, 3.05) is 5.75 Å². The molecule has 2 bridgehead atoms. The molecule has 90 valence electrons. The summed E-state index contributed by atoms with van der Waals surface area (Å²) in [5.74, 6) is 0.341. The van der Waals surface area contributed by atoms with E-state index in [0.717, 1.165) is 6.42 Å². The molecule has 2 rings (SSSR count). The third-order valence-electron chi connectivity index (χ3n) is 4.68. The van der Waals surface area contributed by atoms with Crippen molar-refractivity contribution in [2.24, 2.45) is 16.7 Å². The molecule has 16 heavy (non-hydrogen) atoms. The molecule has 6 heteroatoms. The number of Topliss-reactive ketones (excluding diaryl/α,β-unsaturated/α-hetero) is 1. The summed E-state index contributed by atoms with van der Waals surface area (Å²) in [5.41, 5.74) is -0.884. The number of hydrogen-bond donors (Lipinski definition) is 0. The number of carbonyl (C=O) groups excluding carboxylic acids is 1. The van der Waals surface area contributed by atoms with Gasteiger partial charge < -0.3 is 0 Å². The quantitative estimate of drug-likeness (QED) is 0.610. The molecule has 4 nitrogen and oxygen atoms in total. The Morgan fingerprint density at radius 3 is 2.50 bits per heavy atom. The maximum atomic E-state index is 12.1. The summed E-state index contributed by atoms with van der Waals surface area (Å²) >= 11 is 0.360. The van der Waals surface area contributed by atoms with Gasteiger partial charge in [0.25, 0.3) is 0 Å². The first-order valence-electron chi connectivity index (χ1n) is 5.34. The first-order valence-corrected chi connectivity index (χ1v) is 8.34. The van der Waals surface area contributed by atoms with Crippen molar-refractivity contribution in [1.82, 2.24) is 0 Å². The molecule has 0 aromatic rings. The molecular weight excluding hydrogens is 425 g/mol. The van der Waals surface area contributed by atoms with Crippen LogP contribution in [0.25, 0.3) is 0 Å². The van der Waals surface area contributed by atoms with Gasteiger partial charge in [-0.25, -0.2) is 0 Å². The van der Waals surface area contributed by atoms with Crippen molar-refractivity contribution in [3.63, 3.8) is 0 Å². The van der Waals surface area contributed by atoms with Crippen LogP contribution in [0.4, 0.5) is 0 Å². The van der Waals surface area contributed by atoms with E-state index in [4.69, 9.17) is 0 Å². The van der Waals surface area contributed by atoms with Crippen LogP contribution >= 0.6 is 0 Å². The minimum absolute atomic E-state index is 0.118. The Bertz CT molecular complexity index is 428. The Labute approximate surface area is 112 Å². The zero-order chi connectivity index (χ0) is 12.2. The van der Waals surface area contributed by atoms with Gasteiger partial charge in [0.2, 0.25) is 0 Å². The molecule has 2 aliphatic rings. The van der Waals surface area contributed by atoms with E-state index in [-0.39, 0.29) is 17.0 Å². The Hall–Kier alpha value is 0.463. The van der Waals surface area contributed by atoms with Crippen LogP contribution < -0.4 is 0 Å². The molecule has 0 aliphatic heterocycles. The second-order valence-electron chi connectivity index (χ2n) is 5.44. The van der Waals surface area contributed by atoms with Crippen molar-refractivity contribution >= 4 is 41.1 Å². The third-order valence-corrected chi connectivity index (χ3v) is 8.40. The van der Waals surface area contributed by atoms with Crippen LogP contribution in [0.1, 0.15) is 33.1 Å². The van der Waals surface area contributed by atoms with Gasteiger partial charge in [0.1, 0.15) is 0 Å². The number of hydrogen-bond acceptors (Lipinski definition) is 4. The van der Waals surface area contributed by atoms with Crippen LogP contribution in [-0.4, -0.2) is 45.1 Å². The molecule has 0 heterocycles. The Morgan fingerprint density at radius 2 is 2.12 bits per heavy atom. The second-order valence-corrected chi connectivity index (χ2v) is 8.73. The standard InChI is InChI=1S/C10H16O4S.Bi/c1-9(2)7-3-4-10(9,8(11)5-7)6-15(12,13)14;/h7H,3-6H2,1-2H3,(H,12,13,14);/q;+1/p-1. The summed E-state index contributed by atoms with van der Waals surface area (Å²) in [5, 5.41) is 0. The van der Waals surface area contributed by atoms with E-state index in [1.807, 2.05) is 13.8 Å². The van der Waals surface area contributed by atoms with Gasteiger partial charge in [-0.15, -0.1) is 0 Å². The fourth-order valence-electron chi connectivity index (χ4n) is 3.44. The van der Waals surface area contributed by atoms with E-state index in [2.05, 4.69) is 2.26 Å². The molecule has 2 radical (unpaired) electrons. The number of carbonyl (C=O) groups is 1. The topological polar surface area (TPSA) is 60.4 Å². The van der Waals surface area contributed by atoms with Crippen molar-refractivity contribution in [3.05, 3.63) is 0 Å². The third kappa shape index (κ3) is 1.60. The van der Waals surface area contributed by atoms with Crippen molar-refractivity contribution < 1.29 is 15.5 Å². The molecule has 0 aromatic carbocycles. The molecule has 0 aromatic heterocycles. The molecular formula is C10H15BiO4S. The average Bonchev–Trinajstić information content (AvgIpc) is 2.51. The van der Waals surface area contributed by atoms with E-state index in [1.165, 1.54) is 0 Å². The zero-order valence-corrected chi connectivity index (χ0v) is 13.7. The minimum atomic E-state index is -3.52. The number of rotatable bonds is 3. The molecule has 0 spiro atoms. The van der Waals surface area contributed by atoms with Gasteiger partial charge >= 0.3 is 112 Å². The predicted molar refractivity (Wildman–Crippen MR) is 59.2 cm³/mol. The zero-order valence-electron chi connectivity index (χ0n) is 9.39. The molecule has 0 amide bonds. The van der Waals surface area contributed by atoms with E-state index < -0.39 is 15.5 Å². The van der Waals surface area contributed by atoms with Crippen LogP contribution in [0.2, 0.25) is 0 Å². The number of ketones is 1. The normalized spacial score (nSPS) is 36.9. The van der Waals surface area contributed by atoms with E-state index in [9.17, 15) is 13.2 Å². The monoisotopic (exact) mass is 440 g/mol. The Balaban J connectivity index is 2.40. The van der Waals surface area contributed by atoms with Crippen LogP contribution in [0.3, 0.4) is 0 Å². The first kappa shape index (κ1) is 12.9. The number of fused-ring (bicyclic) bond motifs is 2. The van der Waals surface area contributed by atoms with Crippen molar-refractivity contribution in [3.8, 4) is 0 Å². The van der Waals surface area contributed by atoms with Crippen molar-refractivity contribution in [2.45, 2.75) is 33.1 Å². The summed E-state index contributed by atoms with van der Waals surface area (Å²) in [6.45, 7) is 4.05. The SMILES string of the molecule is CC1(C)C2CCC1(CS(=O)(=O)[O][Bi])C(=O)C2. The van der Waals surface area contributed by atoms with Gasteiger partial charge in [0.05, 0.1) is 0 Å². The van der Waals surface area contributed by atoms with Crippen LogP contribution in [0.15, 0.2) is 0 Å². The first-order chi connectivity index (χ1) is 7.25. The molecule has 0 N–H and O–H groups in total. The van der Waals surface area contributed by atoms with Crippen LogP contribution in [0.5, 0.6) is 0 Å². The summed E-state index contributed by atoms with van der Waals surface area (Å²) in [6.07, 6.45) is 2.21. The molecule has 2 saturated carbocycles. The van der Waals surface area contributed by atoms with Gasteiger partial charge in [-0.2, -0.15) is 0 Å². The second kappa shape index (κ2) is 3.73. The summed E-state index contributed by atoms with van der Waals surface area (Å²) < 4.78 is 27.9. The van der Waals surface area contributed by atoms with Gasteiger partial charge in [-0.1, -0.05) is 0 Å². The van der Waals surface area contributed by atoms with Gasteiger partial charge in [0.15, 0.2) is 0 Å². The summed E-state index contributed by atoms with van der Waals surface area (Å²) in [6, 6.07) is 0. The van der Waals surface area contributed by atoms with Crippen LogP contribution in [-0.2, 0) is 17.2 Å². The van der Waals surface area contributed by atoms with Gasteiger partial charge in [-0.3, -0.25) is 0 Å². The predicted octanol–water partition coefficient (Wildman–Crippen LogP) is 0.812. The van der Waals surface area contributed by atoms with Crippen LogP contribution in [0, 0.1) is 16.7 Å². The summed E-state index contributed by atoms with van der Waals surface area (Å²) in [7, 11) is -3.52. The molecule has 2 fully saturated rings. The Kier molecular flexibility index (Phi) is 3.01. The van der Waals surface area contributed by atoms with Crippen molar-refractivity contribution in [1.29, 1.82) is 0 Å².